The van der Waals surface area contributed by atoms with Crippen LogP contribution in [0.3, 0.4) is 0 Å². The first-order valence-electron chi connectivity index (χ1n) is 8.92. The molecule has 2 N–H and O–H groups in total. The van der Waals surface area contributed by atoms with E-state index in [1.165, 1.54) is 0 Å². The Morgan fingerprint density at radius 2 is 2.08 bits per heavy atom. The molecule has 0 bridgehead atoms. The van der Waals surface area contributed by atoms with Crippen molar-refractivity contribution >= 4 is 5.97 Å². The zero-order valence-electron chi connectivity index (χ0n) is 15.8. The Morgan fingerprint density at radius 3 is 2.69 bits per heavy atom. The molecular formula is C20H27N3O3. The van der Waals surface area contributed by atoms with E-state index in [0.717, 1.165) is 22.7 Å². The van der Waals surface area contributed by atoms with E-state index >= 15 is 0 Å². The van der Waals surface area contributed by atoms with E-state index in [1.54, 1.807) is 7.11 Å². The Hall–Kier alpha value is -2.34. The fourth-order valence-corrected chi connectivity index (χ4v) is 3.62. The van der Waals surface area contributed by atoms with Gasteiger partial charge in [-0.2, -0.15) is 5.10 Å². The molecule has 2 atom stereocenters. The van der Waals surface area contributed by atoms with Crippen molar-refractivity contribution in [1.29, 1.82) is 0 Å². The van der Waals surface area contributed by atoms with Gasteiger partial charge in [-0.25, -0.2) is 0 Å². The molecule has 140 valence electrons. The predicted molar refractivity (Wildman–Crippen MR) is 99.4 cm³/mol. The van der Waals surface area contributed by atoms with Crippen LogP contribution in [0, 0.1) is 5.92 Å². The van der Waals surface area contributed by atoms with Gasteiger partial charge in [-0.1, -0.05) is 39.0 Å². The van der Waals surface area contributed by atoms with Gasteiger partial charge in [-0.3, -0.25) is 14.8 Å². The summed E-state index contributed by atoms with van der Waals surface area (Å²) in [5, 5.41) is 17.2. The van der Waals surface area contributed by atoms with Crippen LogP contribution in [0.1, 0.15) is 43.6 Å². The normalized spacial score (nSPS) is 21.1. The predicted octanol–water partition coefficient (Wildman–Crippen LogP) is 3.02. The van der Waals surface area contributed by atoms with Crippen LogP contribution >= 0.6 is 0 Å². The lowest BCUT2D eigenvalue weighted by atomic mass is 9.88. The van der Waals surface area contributed by atoms with E-state index in [1.807, 2.05) is 24.3 Å². The number of likely N-dealkylation sites (tertiary alicyclic amines) is 1. The zero-order valence-corrected chi connectivity index (χ0v) is 15.8. The molecule has 1 fully saturated rings. The van der Waals surface area contributed by atoms with Gasteiger partial charge in [0.1, 0.15) is 5.75 Å². The second kappa shape index (κ2) is 7.11. The number of carbonyl (C=O) groups is 1. The fraction of sp³-hybridized carbons (Fsp3) is 0.500. The number of ether oxygens (including phenoxy) is 1. The number of rotatable bonds is 5. The van der Waals surface area contributed by atoms with Crippen LogP contribution < -0.4 is 4.74 Å². The number of hydrogen-bond donors (Lipinski definition) is 2. The molecule has 6 heteroatoms. The molecule has 0 spiro atoms. The molecule has 26 heavy (non-hydrogen) atoms. The minimum Gasteiger partial charge on any atom is -0.496 e. The molecule has 1 aliphatic heterocycles. The summed E-state index contributed by atoms with van der Waals surface area (Å²) in [7, 11) is 1.62. The minimum atomic E-state index is -0.761. The van der Waals surface area contributed by atoms with Crippen molar-refractivity contribution in [1.82, 2.24) is 15.1 Å². The van der Waals surface area contributed by atoms with Crippen LogP contribution in [0.25, 0.3) is 0 Å². The second-order valence-corrected chi connectivity index (χ2v) is 8.02. The molecule has 1 aromatic carbocycles. The fourth-order valence-electron chi connectivity index (χ4n) is 3.62. The van der Waals surface area contributed by atoms with Crippen molar-refractivity contribution in [2.45, 2.75) is 38.6 Å². The van der Waals surface area contributed by atoms with Crippen molar-refractivity contribution in [3.05, 3.63) is 47.3 Å². The molecule has 3 rings (SSSR count). The van der Waals surface area contributed by atoms with Gasteiger partial charge in [0.15, 0.2) is 0 Å². The number of aromatic amines is 1. The summed E-state index contributed by atoms with van der Waals surface area (Å²) in [5.41, 5.74) is 2.98. The highest BCUT2D eigenvalue weighted by Crippen LogP contribution is 2.38. The highest BCUT2D eigenvalue weighted by Gasteiger charge is 2.39. The zero-order chi connectivity index (χ0) is 18.9. The van der Waals surface area contributed by atoms with Gasteiger partial charge in [-0.05, 0) is 17.7 Å². The van der Waals surface area contributed by atoms with Crippen LogP contribution in [-0.2, 0) is 16.8 Å². The second-order valence-electron chi connectivity index (χ2n) is 8.02. The van der Waals surface area contributed by atoms with Gasteiger partial charge in [0, 0.05) is 36.7 Å². The Bertz CT molecular complexity index is 779. The van der Waals surface area contributed by atoms with Crippen molar-refractivity contribution < 1.29 is 14.6 Å². The summed E-state index contributed by atoms with van der Waals surface area (Å²) < 4.78 is 5.45. The number of H-pyrrole nitrogens is 1. The average Bonchev–Trinajstić information content (AvgIpc) is 3.22. The SMILES string of the molecule is COc1ccccc1[C@@H]1CN(Cc2cc(C(C)(C)C)n[nH]2)C[C@H]1C(=O)O. The van der Waals surface area contributed by atoms with Crippen molar-refractivity contribution in [3.8, 4) is 5.75 Å². The van der Waals surface area contributed by atoms with E-state index in [4.69, 9.17) is 4.74 Å². The van der Waals surface area contributed by atoms with Crippen LogP contribution in [0.2, 0.25) is 0 Å². The number of carboxylic acids is 1. The smallest absolute Gasteiger partial charge is 0.308 e. The van der Waals surface area contributed by atoms with Crippen molar-refractivity contribution in [2.24, 2.45) is 5.92 Å². The summed E-state index contributed by atoms with van der Waals surface area (Å²) in [4.78, 5) is 14.0. The summed E-state index contributed by atoms with van der Waals surface area (Å²) in [6.45, 7) is 8.24. The number of methoxy groups -OCH3 is 1. The Labute approximate surface area is 154 Å². The summed E-state index contributed by atoms with van der Waals surface area (Å²) in [6.07, 6.45) is 0. The van der Waals surface area contributed by atoms with Gasteiger partial charge in [0.25, 0.3) is 0 Å². The van der Waals surface area contributed by atoms with Gasteiger partial charge >= 0.3 is 5.97 Å². The molecule has 0 aliphatic carbocycles. The van der Waals surface area contributed by atoms with Gasteiger partial charge in [-0.15, -0.1) is 0 Å². The highest BCUT2D eigenvalue weighted by atomic mass is 16.5. The Kier molecular flexibility index (Phi) is 5.05. The van der Waals surface area contributed by atoms with E-state index in [-0.39, 0.29) is 11.3 Å². The van der Waals surface area contributed by atoms with E-state index in [0.29, 0.717) is 19.6 Å². The molecule has 2 heterocycles. The van der Waals surface area contributed by atoms with Crippen LogP contribution in [0.15, 0.2) is 30.3 Å². The molecule has 2 aromatic rings. The molecule has 0 saturated carbocycles. The molecular weight excluding hydrogens is 330 g/mol. The average molecular weight is 357 g/mol. The van der Waals surface area contributed by atoms with Crippen LogP contribution in [-0.4, -0.2) is 46.4 Å². The third-order valence-electron chi connectivity index (χ3n) is 5.04. The largest absolute Gasteiger partial charge is 0.496 e. The quantitative estimate of drug-likeness (QED) is 0.860. The third-order valence-corrected chi connectivity index (χ3v) is 5.04. The van der Waals surface area contributed by atoms with Crippen molar-refractivity contribution in [3.63, 3.8) is 0 Å². The number of aromatic nitrogens is 2. The van der Waals surface area contributed by atoms with Crippen molar-refractivity contribution in [2.75, 3.05) is 20.2 Å². The Morgan fingerprint density at radius 1 is 1.35 bits per heavy atom. The maximum Gasteiger partial charge on any atom is 0.308 e. The topological polar surface area (TPSA) is 78.5 Å². The highest BCUT2D eigenvalue weighted by molar-refractivity contribution is 5.72. The molecule has 0 amide bonds. The summed E-state index contributed by atoms with van der Waals surface area (Å²) in [5.74, 6) is -0.546. The van der Waals surface area contributed by atoms with E-state index in [9.17, 15) is 9.90 Å². The maximum absolute atomic E-state index is 11.8. The van der Waals surface area contributed by atoms with Gasteiger partial charge in [0.2, 0.25) is 0 Å². The lowest BCUT2D eigenvalue weighted by molar-refractivity contribution is -0.141. The van der Waals surface area contributed by atoms with Gasteiger partial charge < -0.3 is 9.84 Å². The number of nitrogens with one attached hydrogen (secondary N) is 1. The number of para-hydroxylation sites is 1. The first-order chi connectivity index (χ1) is 12.3. The maximum atomic E-state index is 11.8. The molecule has 1 saturated heterocycles. The minimum absolute atomic E-state index is 0.0106. The first-order valence-corrected chi connectivity index (χ1v) is 8.92. The number of benzene rings is 1. The lowest BCUT2D eigenvalue weighted by Crippen LogP contribution is -2.23. The van der Waals surface area contributed by atoms with Gasteiger partial charge in [0.05, 0.1) is 18.7 Å². The number of carboxylic acid groups (broad SMARTS) is 1. The molecule has 0 unspecified atom stereocenters. The summed E-state index contributed by atoms with van der Waals surface area (Å²) >= 11 is 0. The summed E-state index contributed by atoms with van der Waals surface area (Å²) in [6, 6.07) is 9.78. The lowest BCUT2D eigenvalue weighted by Gasteiger charge is -2.18. The molecule has 0 radical (unpaired) electrons. The molecule has 1 aliphatic rings. The van der Waals surface area contributed by atoms with Crippen LogP contribution in [0.4, 0.5) is 0 Å². The monoisotopic (exact) mass is 357 g/mol. The number of aliphatic carboxylic acids is 1. The standard InChI is InChI=1S/C20H27N3O3/c1-20(2,3)18-9-13(21-22-18)10-23-11-15(16(12-23)19(24)25)14-7-5-6-8-17(14)26-4/h5-9,15-16H,10-12H2,1-4H3,(H,21,22)(H,24,25)/t15-,16+/m0/s1. The van der Waals surface area contributed by atoms with Crippen LogP contribution in [0.5, 0.6) is 5.75 Å². The Balaban J connectivity index is 1.79. The first kappa shape index (κ1) is 18.5. The van der Waals surface area contributed by atoms with E-state index < -0.39 is 11.9 Å². The number of hydrogen-bond acceptors (Lipinski definition) is 4. The third kappa shape index (κ3) is 3.75. The number of nitrogens with zero attached hydrogens (tertiary/aromatic N) is 2. The molecule has 6 nitrogen and oxygen atoms in total. The molecule has 1 aromatic heterocycles. The van der Waals surface area contributed by atoms with E-state index in [2.05, 4.69) is 41.9 Å².